The van der Waals surface area contributed by atoms with E-state index in [1.54, 1.807) is 12.4 Å². The van der Waals surface area contributed by atoms with Crippen LogP contribution in [0.3, 0.4) is 0 Å². The first-order valence-electron chi connectivity index (χ1n) is 8.72. The second-order valence-corrected chi connectivity index (χ2v) is 6.73. The second kappa shape index (κ2) is 6.69. The number of hydrogen-bond donors (Lipinski definition) is 1. The quantitative estimate of drug-likeness (QED) is 0.898. The van der Waals surface area contributed by atoms with Crippen LogP contribution < -0.4 is 10.2 Å². The number of anilines is 2. The molecular formula is C17H19F3N6. The number of aromatic nitrogens is 4. The number of halogens is 3. The zero-order valence-corrected chi connectivity index (χ0v) is 14.1. The first kappa shape index (κ1) is 17.0. The predicted molar refractivity (Wildman–Crippen MR) is 89.9 cm³/mol. The lowest BCUT2D eigenvalue weighted by molar-refractivity contribution is -0.141. The first-order valence-corrected chi connectivity index (χ1v) is 8.72. The molecule has 1 saturated carbocycles. The maximum atomic E-state index is 12.8. The summed E-state index contributed by atoms with van der Waals surface area (Å²) in [6.07, 6.45) is 3.86. The fraction of sp³-hybridized carbons (Fsp3) is 0.529. The van der Waals surface area contributed by atoms with Crippen molar-refractivity contribution in [2.24, 2.45) is 0 Å². The van der Waals surface area contributed by atoms with Gasteiger partial charge in [0, 0.05) is 43.5 Å². The summed E-state index contributed by atoms with van der Waals surface area (Å²) in [5.74, 6) is 1.69. The van der Waals surface area contributed by atoms with Gasteiger partial charge in [0.25, 0.3) is 0 Å². The summed E-state index contributed by atoms with van der Waals surface area (Å²) < 4.78 is 38.3. The molecule has 0 radical (unpaired) electrons. The zero-order chi connectivity index (χ0) is 18.1. The Labute approximate surface area is 148 Å². The van der Waals surface area contributed by atoms with E-state index in [-0.39, 0.29) is 11.9 Å². The van der Waals surface area contributed by atoms with E-state index in [4.69, 9.17) is 0 Å². The molecule has 0 aromatic carbocycles. The normalized spacial score (nSPS) is 18.8. The van der Waals surface area contributed by atoms with Crippen LogP contribution in [0.15, 0.2) is 24.8 Å². The largest absolute Gasteiger partial charge is 0.433 e. The van der Waals surface area contributed by atoms with Crippen LogP contribution >= 0.6 is 0 Å². The van der Waals surface area contributed by atoms with E-state index in [1.165, 1.54) is 12.8 Å². The van der Waals surface area contributed by atoms with Crippen molar-refractivity contribution in [1.29, 1.82) is 0 Å². The molecule has 0 bridgehead atoms. The molecule has 2 aromatic heterocycles. The average Bonchev–Trinajstić information content (AvgIpc) is 3.47. The van der Waals surface area contributed by atoms with Crippen molar-refractivity contribution in [1.82, 2.24) is 19.9 Å². The summed E-state index contributed by atoms with van der Waals surface area (Å²) in [6.45, 7) is 1.57. The molecular weight excluding hydrogens is 345 g/mol. The Bertz CT molecular complexity index is 769. The third-order valence-corrected chi connectivity index (χ3v) is 4.77. The van der Waals surface area contributed by atoms with E-state index in [0.717, 1.165) is 49.8 Å². The average molecular weight is 364 g/mol. The van der Waals surface area contributed by atoms with Gasteiger partial charge in [0.15, 0.2) is 5.82 Å². The Kier molecular flexibility index (Phi) is 4.37. The number of rotatable bonds is 4. The smallest absolute Gasteiger partial charge is 0.367 e. The highest BCUT2D eigenvalue weighted by Crippen LogP contribution is 2.42. The SMILES string of the molecule is FC(F)(F)c1cc(NC2CCN(c3nccnc3C3CC3)CC2)ncn1. The van der Waals surface area contributed by atoms with Crippen molar-refractivity contribution in [3.8, 4) is 0 Å². The zero-order valence-electron chi connectivity index (χ0n) is 14.1. The third kappa shape index (κ3) is 3.71. The van der Waals surface area contributed by atoms with Crippen molar-refractivity contribution in [3.05, 3.63) is 36.2 Å². The molecule has 1 saturated heterocycles. The van der Waals surface area contributed by atoms with Crippen molar-refractivity contribution < 1.29 is 13.2 Å². The minimum Gasteiger partial charge on any atom is -0.367 e. The van der Waals surface area contributed by atoms with Crippen molar-refractivity contribution in [2.45, 2.75) is 43.8 Å². The Morgan fingerprint density at radius 2 is 1.69 bits per heavy atom. The van der Waals surface area contributed by atoms with Gasteiger partial charge < -0.3 is 10.2 Å². The van der Waals surface area contributed by atoms with Gasteiger partial charge in [-0.15, -0.1) is 0 Å². The van der Waals surface area contributed by atoms with E-state index in [0.29, 0.717) is 5.92 Å². The highest BCUT2D eigenvalue weighted by molar-refractivity contribution is 5.47. The monoisotopic (exact) mass is 364 g/mol. The molecule has 9 heteroatoms. The maximum Gasteiger partial charge on any atom is 0.433 e. The van der Waals surface area contributed by atoms with Crippen LogP contribution in [0.25, 0.3) is 0 Å². The summed E-state index contributed by atoms with van der Waals surface area (Å²) >= 11 is 0. The van der Waals surface area contributed by atoms with Crippen LogP contribution in [0.2, 0.25) is 0 Å². The highest BCUT2D eigenvalue weighted by Gasteiger charge is 2.33. The molecule has 138 valence electrons. The molecule has 0 atom stereocenters. The molecule has 0 unspecified atom stereocenters. The van der Waals surface area contributed by atoms with Gasteiger partial charge >= 0.3 is 6.18 Å². The molecule has 2 aromatic rings. The predicted octanol–water partition coefficient (Wildman–Crippen LogP) is 3.24. The maximum absolute atomic E-state index is 12.8. The minimum atomic E-state index is -4.46. The molecule has 0 amide bonds. The van der Waals surface area contributed by atoms with E-state index in [2.05, 4.69) is 30.2 Å². The molecule has 1 aliphatic carbocycles. The lowest BCUT2D eigenvalue weighted by Crippen LogP contribution is -2.40. The van der Waals surface area contributed by atoms with E-state index in [1.807, 2.05) is 0 Å². The number of piperidine rings is 1. The topological polar surface area (TPSA) is 66.8 Å². The molecule has 1 N–H and O–H groups in total. The van der Waals surface area contributed by atoms with Crippen molar-refractivity contribution in [3.63, 3.8) is 0 Å². The van der Waals surface area contributed by atoms with Gasteiger partial charge in [0.1, 0.15) is 17.8 Å². The van der Waals surface area contributed by atoms with Gasteiger partial charge in [0.05, 0.1) is 5.69 Å². The molecule has 3 heterocycles. The summed E-state index contributed by atoms with van der Waals surface area (Å²) in [5, 5.41) is 3.10. The molecule has 2 fully saturated rings. The van der Waals surface area contributed by atoms with Gasteiger partial charge in [-0.05, 0) is 25.7 Å². The highest BCUT2D eigenvalue weighted by atomic mass is 19.4. The van der Waals surface area contributed by atoms with Gasteiger partial charge in [-0.1, -0.05) is 0 Å². The minimum absolute atomic E-state index is 0.0725. The van der Waals surface area contributed by atoms with Gasteiger partial charge in [-0.2, -0.15) is 13.2 Å². The Hall–Kier alpha value is -2.45. The second-order valence-electron chi connectivity index (χ2n) is 6.73. The van der Waals surface area contributed by atoms with E-state index in [9.17, 15) is 13.2 Å². The standard InChI is InChI=1S/C17H19F3N6/c18-17(19,20)13-9-14(24-10-23-13)25-12-3-7-26(8-4-12)16-15(11-1-2-11)21-5-6-22-16/h5-6,9-12H,1-4,7-8H2,(H,23,24,25). The number of nitrogens with one attached hydrogen (secondary N) is 1. The van der Waals surface area contributed by atoms with E-state index >= 15 is 0 Å². The van der Waals surface area contributed by atoms with Crippen LogP contribution in [0, 0.1) is 0 Å². The number of alkyl halides is 3. The van der Waals surface area contributed by atoms with Crippen LogP contribution in [0.5, 0.6) is 0 Å². The molecule has 1 aliphatic heterocycles. The van der Waals surface area contributed by atoms with Crippen LogP contribution in [0.4, 0.5) is 24.8 Å². The Balaban J connectivity index is 1.39. The summed E-state index contributed by atoms with van der Waals surface area (Å²) in [6, 6.07) is 1.03. The van der Waals surface area contributed by atoms with Crippen LogP contribution in [-0.4, -0.2) is 39.1 Å². The first-order chi connectivity index (χ1) is 12.5. The lowest BCUT2D eigenvalue weighted by Gasteiger charge is -2.34. The fourth-order valence-electron chi connectivity index (χ4n) is 3.27. The Morgan fingerprint density at radius 1 is 0.962 bits per heavy atom. The lowest BCUT2D eigenvalue weighted by atomic mass is 10.0. The molecule has 26 heavy (non-hydrogen) atoms. The summed E-state index contributed by atoms with van der Waals surface area (Å²) in [4.78, 5) is 18.4. The Morgan fingerprint density at radius 3 is 2.38 bits per heavy atom. The number of nitrogens with zero attached hydrogens (tertiary/aromatic N) is 5. The van der Waals surface area contributed by atoms with Crippen LogP contribution in [0.1, 0.15) is 43.0 Å². The molecule has 4 rings (SSSR count). The van der Waals surface area contributed by atoms with Crippen molar-refractivity contribution >= 4 is 11.6 Å². The van der Waals surface area contributed by atoms with Gasteiger partial charge in [-0.3, -0.25) is 4.98 Å². The van der Waals surface area contributed by atoms with Gasteiger partial charge in [0.2, 0.25) is 0 Å². The summed E-state index contributed by atoms with van der Waals surface area (Å²) in [7, 11) is 0. The van der Waals surface area contributed by atoms with Crippen LogP contribution in [-0.2, 0) is 6.18 Å². The number of hydrogen-bond acceptors (Lipinski definition) is 6. The van der Waals surface area contributed by atoms with Crippen molar-refractivity contribution in [2.75, 3.05) is 23.3 Å². The molecule has 2 aliphatic rings. The van der Waals surface area contributed by atoms with E-state index < -0.39 is 11.9 Å². The molecule has 6 nitrogen and oxygen atoms in total. The summed E-state index contributed by atoms with van der Waals surface area (Å²) in [5.41, 5.74) is 0.144. The molecule has 0 spiro atoms. The van der Waals surface area contributed by atoms with Gasteiger partial charge in [-0.25, -0.2) is 15.0 Å². The third-order valence-electron chi connectivity index (χ3n) is 4.77. The fourth-order valence-corrected chi connectivity index (χ4v) is 3.27.